The van der Waals surface area contributed by atoms with E-state index < -0.39 is 0 Å². The average Bonchev–Trinajstić information content (AvgIpc) is 2.40. The molecule has 0 heterocycles. The third-order valence-corrected chi connectivity index (χ3v) is 2.75. The molecule has 0 saturated carbocycles. The van der Waals surface area contributed by atoms with Crippen LogP contribution in [0.5, 0.6) is 5.75 Å². The zero-order valence-electron chi connectivity index (χ0n) is 10.2. The van der Waals surface area contributed by atoms with Crippen LogP contribution in [0, 0.1) is 0 Å². The van der Waals surface area contributed by atoms with Crippen LogP contribution < -0.4 is 10.1 Å². The minimum Gasteiger partial charge on any atom is -0.497 e. The van der Waals surface area contributed by atoms with Crippen molar-refractivity contribution in [3.05, 3.63) is 60.2 Å². The van der Waals surface area contributed by atoms with E-state index in [0.717, 1.165) is 11.4 Å². The van der Waals surface area contributed by atoms with Gasteiger partial charge in [0.15, 0.2) is 0 Å². The molecule has 1 atom stereocenters. The van der Waals surface area contributed by atoms with Crippen molar-refractivity contribution in [2.75, 3.05) is 12.4 Å². The summed E-state index contributed by atoms with van der Waals surface area (Å²) in [6.45, 7) is 2.14. The number of para-hydroxylation sites is 1. The van der Waals surface area contributed by atoms with Crippen LogP contribution in [-0.2, 0) is 0 Å². The lowest BCUT2D eigenvalue weighted by molar-refractivity contribution is 0.414. The Morgan fingerprint density at radius 2 is 1.76 bits per heavy atom. The van der Waals surface area contributed by atoms with E-state index in [1.807, 2.05) is 30.3 Å². The highest BCUT2D eigenvalue weighted by molar-refractivity contribution is 5.45. The number of hydrogen-bond donors (Lipinski definition) is 1. The first-order chi connectivity index (χ1) is 8.29. The van der Waals surface area contributed by atoms with Crippen molar-refractivity contribution in [2.45, 2.75) is 13.0 Å². The molecule has 0 fully saturated rings. The number of rotatable bonds is 4. The highest BCUT2D eigenvalue weighted by Gasteiger charge is 2.05. The minimum atomic E-state index is 0.257. The van der Waals surface area contributed by atoms with E-state index in [0.29, 0.717) is 0 Å². The summed E-state index contributed by atoms with van der Waals surface area (Å²) in [4.78, 5) is 0. The first-order valence-electron chi connectivity index (χ1n) is 5.75. The van der Waals surface area contributed by atoms with Gasteiger partial charge in [0.25, 0.3) is 0 Å². The second kappa shape index (κ2) is 5.39. The van der Waals surface area contributed by atoms with Crippen molar-refractivity contribution in [3.8, 4) is 5.75 Å². The Bertz CT molecular complexity index is 467. The van der Waals surface area contributed by atoms with E-state index >= 15 is 0 Å². The van der Waals surface area contributed by atoms with Gasteiger partial charge in [-0.2, -0.15) is 0 Å². The second-order valence-corrected chi connectivity index (χ2v) is 4.01. The van der Waals surface area contributed by atoms with Gasteiger partial charge in [0.1, 0.15) is 5.75 Å². The number of nitrogens with one attached hydrogen (secondary N) is 1. The minimum absolute atomic E-state index is 0.257. The fourth-order valence-corrected chi connectivity index (χ4v) is 1.78. The molecule has 0 aliphatic carbocycles. The lowest BCUT2D eigenvalue weighted by Crippen LogP contribution is -2.06. The predicted molar refractivity (Wildman–Crippen MR) is 71.5 cm³/mol. The van der Waals surface area contributed by atoms with Gasteiger partial charge in [-0.15, -0.1) is 0 Å². The molecular weight excluding hydrogens is 210 g/mol. The van der Waals surface area contributed by atoms with Gasteiger partial charge in [0.2, 0.25) is 0 Å². The van der Waals surface area contributed by atoms with Crippen LogP contribution in [0.4, 0.5) is 5.69 Å². The molecule has 0 spiro atoms. The van der Waals surface area contributed by atoms with Crippen molar-refractivity contribution < 1.29 is 4.74 Å². The van der Waals surface area contributed by atoms with Crippen molar-refractivity contribution in [1.29, 1.82) is 0 Å². The Labute approximate surface area is 102 Å². The van der Waals surface area contributed by atoms with E-state index in [-0.39, 0.29) is 6.04 Å². The van der Waals surface area contributed by atoms with Crippen molar-refractivity contribution in [2.24, 2.45) is 0 Å². The van der Waals surface area contributed by atoms with Crippen LogP contribution in [0.2, 0.25) is 0 Å². The Kier molecular flexibility index (Phi) is 3.66. The van der Waals surface area contributed by atoms with E-state index in [2.05, 4.69) is 36.5 Å². The van der Waals surface area contributed by atoms with Gasteiger partial charge in [0, 0.05) is 11.7 Å². The maximum atomic E-state index is 5.23. The molecule has 0 aliphatic heterocycles. The molecule has 0 radical (unpaired) electrons. The normalized spacial score (nSPS) is 11.9. The third-order valence-electron chi connectivity index (χ3n) is 2.75. The Balaban J connectivity index is 2.11. The molecule has 1 N–H and O–H groups in total. The molecule has 17 heavy (non-hydrogen) atoms. The monoisotopic (exact) mass is 227 g/mol. The van der Waals surface area contributed by atoms with E-state index in [1.54, 1.807) is 7.11 Å². The first-order valence-corrected chi connectivity index (χ1v) is 5.75. The van der Waals surface area contributed by atoms with Gasteiger partial charge in [-0.1, -0.05) is 30.3 Å². The number of ether oxygens (including phenoxy) is 1. The maximum absolute atomic E-state index is 5.23. The Hall–Kier alpha value is -1.96. The summed E-state index contributed by atoms with van der Waals surface area (Å²) in [6, 6.07) is 18.6. The molecule has 0 bridgehead atoms. The van der Waals surface area contributed by atoms with Gasteiger partial charge in [-0.3, -0.25) is 0 Å². The van der Waals surface area contributed by atoms with Crippen LogP contribution in [0.1, 0.15) is 18.5 Å². The van der Waals surface area contributed by atoms with Crippen LogP contribution >= 0.6 is 0 Å². The highest BCUT2D eigenvalue weighted by Crippen LogP contribution is 2.22. The van der Waals surface area contributed by atoms with Crippen LogP contribution in [-0.4, -0.2) is 7.11 Å². The highest BCUT2D eigenvalue weighted by atomic mass is 16.5. The quantitative estimate of drug-likeness (QED) is 0.856. The average molecular weight is 227 g/mol. The lowest BCUT2D eigenvalue weighted by atomic mass is 10.1. The molecule has 88 valence electrons. The van der Waals surface area contributed by atoms with Gasteiger partial charge in [-0.25, -0.2) is 0 Å². The molecule has 2 nitrogen and oxygen atoms in total. The van der Waals surface area contributed by atoms with E-state index in [4.69, 9.17) is 4.74 Å². The van der Waals surface area contributed by atoms with Crippen LogP contribution in [0.3, 0.4) is 0 Å². The van der Waals surface area contributed by atoms with Crippen molar-refractivity contribution in [3.63, 3.8) is 0 Å². The van der Waals surface area contributed by atoms with Crippen molar-refractivity contribution in [1.82, 2.24) is 0 Å². The fourth-order valence-electron chi connectivity index (χ4n) is 1.78. The molecule has 2 rings (SSSR count). The van der Waals surface area contributed by atoms with Gasteiger partial charge in [-0.05, 0) is 36.8 Å². The van der Waals surface area contributed by atoms with Gasteiger partial charge < -0.3 is 10.1 Å². The summed E-state index contributed by atoms with van der Waals surface area (Å²) in [7, 11) is 1.69. The standard InChI is InChI=1S/C15H17NO/c1-12(16-14-8-4-3-5-9-14)13-7-6-10-15(11-13)17-2/h3-12,16H,1-2H3/t12-/m0/s1. The molecule has 0 aromatic heterocycles. The van der Waals surface area contributed by atoms with E-state index in [9.17, 15) is 0 Å². The Morgan fingerprint density at radius 3 is 2.47 bits per heavy atom. The van der Waals surface area contributed by atoms with E-state index in [1.165, 1.54) is 5.56 Å². The fraction of sp³-hybridized carbons (Fsp3) is 0.200. The zero-order chi connectivity index (χ0) is 12.1. The summed E-state index contributed by atoms with van der Waals surface area (Å²) in [5, 5.41) is 3.45. The molecule has 2 aromatic carbocycles. The largest absolute Gasteiger partial charge is 0.497 e. The molecule has 2 heteroatoms. The summed E-state index contributed by atoms with van der Waals surface area (Å²) in [5.74, 6) is 0.893. The molecule has 2 aromatic rings. The zero-order valence-corrected chi connectivity index (χ0v) is 10.2. The molecule has 0 saturated heterocycles. The molecule has 0 aliphatic rings. The number of anilines is 1. The maximum Gasteiger partial charge on any atom is 0.119 e. The van der Waals surface area contributed by atoms with Crippen molar-refractivity contribution >= 4 is 5.69 Å². The molecular formula is C15H17NO. The second-order valence-electron chi connectivity index (χ2n) is 4.01. The summed E-state index contributed by atoms with van der Waals surface area (Å²) < 4.78 is 5.23. The Morgan fingerprint density at radius 1 is 1.00 bits per heavy atom. The topological polar surface area (TPSA) is 21.3 Å². The summed E-state index contributed by atoms with van der Waals surface area (Å²) in [5.41, 5.74) is 2.34. The first kappa shape index (κ1) is 11.5. The van der Waals surface area contributed by atoms with Crippen LogP contribution in [0.25, 0.3) is 0 Å². The summed E-state index contributed by atoms with van der Waals surface area (Å²) in [6.07, 6.45) is 0. The smallest absolute Gasteiger partial charge is 0.119 e. The van der Waals surface area contributed by atoms with Gasteiger partial charge >= 0.3 is 0 Å². The molecule has 0 amide bonds. The number of benzene rings is 2. The SMILES string of the molecule is COc1cccc([C@H](C)Nc2ccccc2)c1. The number of methoxy groups -OCH3 is 1. The molecule has 0 unspecified atom stereocenters. The third kappa shape index (κ3) is 3.00. The lowest BCUT2D eigenvalue weighted by Gasteiger charge is -2.16. The summed E-state index contributed by atoms with van der Waals surface area (Å²) >= 11 is 0. The number of hydrogen-bond acceptors (Lipinski definition) is 2. The van der Waals surface area contributed by atoms with Crippen LogP contribution in [0.15, 0.2) is 54.6 Å². The van der Waals surface area contributed by atoms with Gasteiger partial charge in [0.05, 0.1) is 7.11 Å². The predicted octanol–water partition coefficient (Wildman–Crippen LogP) is 3.87.